The monoisotopic (exact) mass is 534 g/mol. The summed E-state index contributed by atoms with van der Waals surface area (Å²) in [4.78, 5) is 0. The molecule has 0 aromatic carbocycles. The van der Waals surface area contributed by atoms with Crippen LogP contribution < -0.4 is 0 Å². The molecule has 0 aromatic heterocycles. The third-order valence-electron chi connectivity index (χ3n) is 5.35. The van der Waals surface area contributed by atoms with Crippen molar-refractivity contribution in [1.82, 2.24) is 7.43 Å². The van der Waals surface area contributed by atoms with Crippen molar-refractivity contribution in [3.63, 3.8) is 0 Å². The van der Waals surface area contributed by atoms with Crippen LogP contribution >= 0.6 is 0 Å². The Morgan fingerprint density at radius 3 is 1.56 bits per heavy atom. The van der Waals surface area contributed by atoms with E-state index in [1.54, 1.807) is 0 Å². The molecule has 0 N–H and O–H groups in total. The van der Waals surface area contributed by atoms with Crippen molar-refractivity contribution in [2.75, 3.05) is 39.5 Å². The van der Waals surface area contributed by atoms with Gasteiger partial charge in [0.1, 0.15) is 0 Å². The Morgan fingerprint density at radius 1 is 0.750 bits per heavy atom. The van der Waals surface area contributed by atoms with Crippen LogP contribution in [0.2, 0.25) is 19.6 Å². The lowest BCUT2D eigenvalue weighted by molar-refractivity contribution is 0.138. The predicted molar refractivity (Wildman–Crippen MR) is 139 cm³/mol. The fraction of sp³-hybridized carbons (Fsp3) is 1.00. The Kier molecular flexibility index (Phi) is 14.7. The Balaban J connectivity index is 0.000000221. The lowest BCUT2D eigenvalue weighted by Gasteiger charge is -2.32. The minimum Gasteiger partial charge on any atom is -0.490 e. The molecule has 8 nitrogen and oxygen atoms in total. The maximum Gasteiger partial charge on any atom is 0.650 e. The topological polar surface area (TPSA) is 61.9 Å². The molecule has 0 aromatic rings. The van der Waals surface area contributed by atoms with E-state index in [4.69, 9.17) is 22.7 Å². The molecule has 13 heteroatoms. The molecule has 0 unspecified atom stereocenters. The second-order valence-electron chi connectivity index (χ2n) is 11.7. The highest BCUT2D eigenvalue weighted by Crippen LogP contribution is 2.24. The number of hydrogen-bond acceptors (Lipinski definition) is 8. The van der Waals surface area contributed by atoms with Gasteiger partial charge in [-0.15, -0.1) is 0 Å². The maximum atomic E-state index is 5.74. The first-order valence-electron chi connectivity index (χ1n) is 11.7. The number of nitrogens with zero attached hydrogens (tertiary/aromatic N) is 2. The minimum absolute atomic E-state index is 0.0340. The number of rotatable bonds is 1. The van der Waals surface area contributed by atoms with Gasteiger partial charge in [-0.25, -0.2) is 0 Å². The van der Waals surface area contributed by atoms with Crippen LogP contribution in [0.4, 0.5) is 0 Å². The predicted octanol–water partition coefficient (Wildman–Crippen LogP) is 0.960. The molecule has 4 aliphatic heterocycles. The number of hydrogen-bond donors (Lipinski definition) is 0. The van der Waals surface area contributed by atoms with Crippen molar-refractivity contribution in [3.05, 3.63) is 0 Å². The lowest BCUT2D eigenvalue weighted by atomic mass is 10.1. The van der Waals surface area contributed by atoms with Crippen molar-refractivity contribution in [2.24, 2.45) is 0 Å². The van der Waals surface area contributed by atoms with Crippen LogP contribution in [-0.2, 0) is 22.7 Å². The summed E-state index contributed by atoms with van der Waals surface area (Å²) < 4.78 is 36.3. The van der Waals surface area contributed by atoms with E-state index in [-0.39, 0.29) is 27.0 Å². The SMILES string of the molecule is C1C[O][AlH][O]1.CC1(C)C[N](C(C)(C)C)[AlH][O]1.CC1(C)C[O][AlH][O]1.C[Si](C)(C)[N]1CC[O][AlH]1. The first-order valence-corrected chi connectivity index (χ1v) is 19.9. The molecule has 0 bridgehead atoms. The molecule has 0 spiro atoms. The fourth-order valence-corrected chi connectivity index (χ4v) is 9.59. The Hall–Kier alpha value is 2.03. The molecule has 4 fully saturated rings. The summed E-state index contributed by atoms with van der Waals surface area (Å²) in [6.07, 6.45) is 0. The van der Waals surface area contributed by atoms with Gasteiger partial charge in [0.2, 0.25) is 0 Å². The van der Waals surface area contributed by atoms with E-state index >= 15 is 0 Å². The van der Waals surface area contributed by atoms with Gasteiger partial charge in [0, 0.05) is 38.6 Å². The van der Waals surface area contributed by atoms with Crippen LogP contribution in [0.25, 0.3) is 0 Å². The van der Waals surface area contributed by atoms with Crippen molar-refractivity contribution >= 4 is 71.6 Å². The molecule has 4 aliphatic rings. The Labute approximate surface area is 224 Å². The zero-order chi connectivity index (χ0) is 24.5. The summed E-state index contributed by atoms with van der Waals surface area (Å²) in [5.41, 5.74) is 0.450. The quantitative estimate of drug-likeness (QED) is 0.462. The average Bonchev–Trinajstić information content (AvgIpc) is 3.44. The highest BCUT2D eigenvalue weighted by Gasteiger charge is 2.37. The standard InChI is InChI=1S/C8H17NO.C5H13NOSi.C4H8O2.C2H4O2.4Al.4H/c1-7(2,3)9-6-8(4,5)10;1-8(2,3)6-4-5-7;1-4(2,6)3-5;3-1-2-4;;;;;;;;/h6H2,1-5H3;4-5H2,1-3H3;3H2,1-2H3;1-2H2;;;;;;;;/q4*-2;4*+2;;;;. The summed E-state index contributed by atoms with van der Waals surface area (Å²) >= 11 is -1.69. The summed E-state index contributed by atoms with van der Waals surface area (Å²) in [6.45, 7) is 28.1. The molecular weight excluding hydrogens is 488 g/mol. The van der Waals surface area contributed by atoms with Gasteiger partial charge in [0.05, 0.1) is 13.8 Å². The third kappa shape index (κ3) is 14.6. The smallest absolute Gasteiger partial charge is 0.490 e. The first kappa shape index (κ1) is 32.1. The molecular formula is C19H46Al4N2O6Si. The summed E-state index contributed by atoms with van der Waals surface area (Å²) in [6, 6.07) is 0. The van der Waals surface area contributed by atoms with Crippen molar-refractivity contribution in [3.8, 4) is 0 Å². The molecule has 0 saturated carbocycles. The van der Waals surface area contributed by atoms with E-state index in [1.807, 2.05) is 13.8 Å². The first-order chi connectivity index (χ1) is 14.6. The van der Waals surface area contributed by atoms with E-state index in [0.717, 1.165) is 33.0 Å². The molecule has 0 aliphatic carbocycles. The van der Waals surface area contributed by atoms with Gasteiger partial charge in [0.25, 0.3) is 0 Å². The van der Waals surface area contributed by atoms with E-state index in [2.05, 4.69) is 61.7 Å². The van der Waals surface area contributed by atoms with Crippen molar-refractivity contribution < 1.29 is 22.7 Å². The zero-order valence-corrected chi connectivity index (χ0v) is 29.1. The van der Waals surface area contributed by atoms with E-state index < -0.39 is 55.8 Å². The second kappa shape index (κ2) is 14.7. The summed E-state index contributed by atoms with van der Waals surface area (Å²) in [5.74, 6) is 0. The Morgan fingerprint density at radius 2 is 1.38 bits per heavy atom. The molecule has 4 rings (SSSR count). The molecule has 32 heavy (non-hydrogen) atoms. The minimum atomic E-state index is -0.954. The molecule has 4 saturated heterocycles. The van der Waals surface area contributed by atoms with Crippen LogP contribution in [0.3, 0.4) is 0 Å². The summed E-state index contributed by atoms with van der Waals surface area (Å²) in [5, 5.41) is 0. The highest BCUT2D eigenvalue weighted by atomic mass is 28.3. The van der Waals surface area contributed by atoms with E-state index in [0.29, 0.717) is 5.54 Å². The van der Waals surface area contributed by atoms with Crippen LogP contribution in [0, 0.1) is 0 Å². The largest absolute Gasteiger partial charge is 0.650 e. The van der Waals surface area contributed by atoms with Gasteiger partial charge in [-0.1, -0.05) is 19.6 Å². The summed E-state index contributed by atoms with van der Waals surface area (Å²) in [7, 11) is -0.954. The van der Waals surface area contributed by atoms with Crippen LogP contribution in [0.1, 0.15) is 48.5 Å². The molecule has 0 radical (unpaired) electrons. The average molecular weight is 535 g/mol. The van der Waals surface area contributed by atoms with Crippen LogP contribution in [-0.4, -0.2) is 135 Å². The van der Waals surface area contributed by atoms with Gasteiger partial charge < -0.3 is 30.2 Å². The van der Waals surface area contributed by atoms with Crippen LogP contribution in [0.15, 0.2) is 0 Å². The Bertz CT molecular complexity index is 509. The molecule has 184 valence electrons. The van der Waals surface area contributed by atoms with Gasteiger partial charge in [-0.05, 0) is 60.5 Å². The van der Waals surface area contributed by atoms with Gasteiger partial charge >= 0.3 is 63.3 Å². The van der Waals surface area contributed by atoms with Gasteiger partial charge in [-0.2, -0.15) is 0 Å². The van der Waals surface area contributed by atoms with Gasteiger partial charge in [0.15, 0.2) is 0 Å². The van der Waals surface area contributed by atoms with Crippen molar-refractivity contribution in [1.29, 1.82) is 0 Å². The molecule has 4 heterocycles. The zero-order valence-electron chi connectivity index (χ0n) is 22.4. The van der Waals surface area contributed by atoms with Crippen molar-refractivity contribution in [2.45, 2.75) is 84.8 Å². The molecule has 0 amide bonds. The second-order valence-corrected chi connectivity index (χ2v) is 22.0. The van der Waals surface area contributed by atoms with E-state index in [9.17, 15) is 0 Å². The van der Waals surface area contributed by atoms with E-state index in [1.165, 1.54) is 6.54 Å². The lowest BCUT2D eigenvalue weighted by Crippen LogP contribution is -2.45. The van der Waals surface area contributed by atoms with Crippen LogP contribution in [0.5, 0.6) is 0 Å². The fourth-order valence-electron chi connectivity index (χ4n) is 3.00. The molecule has 0 atom stereocenters. The third-order valence-corrected chi connectivity index (χ3v) is 16.4. The van der Waals surface area contributed by atoms with Gasteiger partial charge in [-0.3, -0.25) is 0 Å². The highest BCUT2D eigenvalue weighted by molar-refractivity contribution is 6.78. The maximum absolute atomic E-state index is 5.74. The normalized spacial score (nSPS) is 24.3.